The van der Waals surface area contributed by atoms with Gasteiger partial charge in [-0.05, 0) is 32.1 Å². The third-order valence-corrected chi connectivity index (χ3v) is 3.75. The molecule has 0 bridgehead atoms. The van der Waals surface area contributed by atoms with Gasteiger partial charge in [0.25, 0.3) is 0 Å². The second-order valence-electron chi connectivity index (χ2n) is 5.71. The molecule has 108 valence electrons. The molecule has 1 saturated carbocycles. The van der Waals surface area contributed by atoms with Crippen LogP contribution in [0.1, 0.15) is 59.3 Å². The number of rotatable bonds is 6. The molecule has 1 unspecified atom stereocenters. The van der Waals surface area contributed by atoms with Crippen LogP contribution in [-0.2, 0) is 9.53 Å². The van der Waals surface area contributed by atoms with E-state index in [4.69, 9.17) is 4.74 Å². The zero-order valence-electron chi connectivity index (χ0n) is 12.7. The molecule has 1 aliphatic carbocycles. The van der Waals surface area contributed by atoms with Gasteiger partial charge in [0.15, 0.2) is 0 Å². The summed E-state index contributed by atoms with van der Waals surface area (Å²) in [7, 11) is 0. The number of allylic oxidation sites excluding steroid dienone is 3. The zero-order chi connectivity index (χ0) is 14.1. The average molecular weight is 264 g/mol. The molecule has 1 fully saturated rings. The Hall–Kier alpha value is -1.05. The highest BCUT2D eigenvalue weighted by atomic mass is 16.5. The van der Waals surface area contributed by atoms with Gasteiger partial charge in [0.1, 0.15) is 0 Å². The van der Waals surface area contributed by atoms with Crippen LogP contribution in [0.3, 0.4) is 0 Å². The maximum atomic E-state index is 11.2. The molecular formula is C17H28O2. The van der Waals surface area contributed by atoms with Crippen molar-refractivity contribution in [2.24, 2.45) is 11.8 Å². The topological polar surface area (TPSA) is 26.3 Å². The third kappa shape index (κ3) is 7.19. The van der Waals surface area contributed by atoms with Crippen molar-refractivity contribution in [3.8, 4) is 0 Å². The molecular weight excluding hydrogens is 236 g/mol. The molecule has 0 aromatic rings. The first-order chi connectivity index (χ1) is 9.11. The third-order valence-electron chi connectivity index (χ3n) is 3.75. The first-order valence-electron chi connectivity index (χ1n) is 7.65. The number of ether oxygens (including phenoxy) is 1. The summed E-state index contributed by atoms with van der Waals surface area (Å²) in [6.07, 6.45) is 14.0. The minimum Gasteiger partial charge on any atom is -0.463 e. The summed E-state index contributed by atoms with van der Waals surface area (Å²) in [6.45, 7) is 6.58. The lowest BCUT2D eigenvalue weighted by Gasteiger charge is -2.23. The molecule has 0 amide bonds. The molecule has 1 atom stereocenters. The smallest absolute Gasteiger partial charge is 0.330 e. The van der Waals surface area contributed by atoms with Gasteiger partial charge in [-0.2, -0.15) is 0 Å². The summed E-state index contributed by atoms with van der Waals surface area (Å²) >= 11 is 0. The maximum Gasteiger partial charge on any atom is 0.330 e. The van der Waals surface area contributed by atoms with E-state index in [1.54, 1.807) is 0 Å². The first-order valence-corrected chi connectivity index (χ1v) is 7.65. The summed E-state index contributed by atoms with van der Waals surface area (Å²) in [4.78, 5) is 11.2. The summed E-state index contributed by atoms with van der Waals surface area (Å²) in [5.74, 6) is 1.24. The van der Waals surface area contributed by atoms with Gasteiger partial charge in [0.05, 0.1) is 6.61 Å². The molecule has 19 heavy (non-hydrogen) atoms. The normalized spacial score (nSPS) is 19.6. The molecule has 2 heteroatoms. The number of esters is 1. The molecule has 0 heterocycles. The Morgan fingerprint density at radius 1 is 1.26 bits per heavy atom. The van der Waals surface area contributed by atoms with Crippen molar-refractivity contribution < 1.29 is 9.53 Å². The Bertz CT molecular complexity index is 322. The highest BCUT2D eigenvalue weighted by Crippen LogP contribution is 2.29. The Kier molecular flexibility index (Phi) is 7.54. The van der Waals surface area contributed by atoms with Crippen molar-refractivity contribution in [1.82, 2.24) is 0 Å². The van der Waals surface area contributed by atoms with Crippen molar-refractivity contribution in [3.05, 3.63) is 23.8 Å². The van der Waals surface area contributed by atoms with Gasteiger partial charge >= 0.3 is 5.97 Å². The monoisotopic (exact) mass is 264 g/mol. The standard InChI is InChI=1S/C17H28O2/c1-4-19-17(18)11-10-14(2)12-15(3)13-16-8-6-5-7-9-16/h10-12,15-16H,4-9,13H2,1-3H3. The van der Waals surface area contributed by atoms with Crippen LogP contribution < -0.4 is 0 Å². The van der Waals surface area contributed by atoms with Crippen LogP contribution in [0.5, 0.6) is 0 Å². The Morgan fingerprint density at radius 3 is 2.58 bits per heavy atom. The number of carbonyl (C=O) groups is 1. The van der Waals surface area contributed by atoms with Crippen LogP contribution in [0.25, 0.3) is 0 Å². The number of hydrogen-bond acceptors (Lipinski definition) is 2. The quantitative estimate of drug-likeness (QED) is 0.396. The van der Waals surface area contributed by atoms with Crippen molar-refractivity contribution in [2.45, 2.75) is 59.3 Å². The van der Waals surface area contributed by atoms with Gasteiger partial charge in [-0.15, -0.1) is 0 Å². The molecule has 0 aromatic carbocycles. The highest BCUT2D eigenvalue weighted by molar-refractivity contribution is 5.82. The number of carbonyl (C=O) groups excluding carboxylic acids is 1. The fraction of sp³-hybridized carbons (Fsp3) is 0.706. The summed E-state index contributed by atoms with van der Waals surface area (Å²) in [6, 6.07) is 0. The molecule has 2 nitrogen and oxygen atoms in total. The Balaban J connectivity index is 2.37. The van der Waals surface area contributed by atoms with E-state index >= 15 is 0 Å². The van der Waals surface area contributed by atoms with Crippen LogP contribution in [0.2, 0.25) is 0 Å². The zero-order valence-corrected chi connectivity index (χ0v) is 12.7. The molecule has 0 saturated heterocycles. The molecule has 0 radical (unpaired) electrons. The number of hydrogen-bond donors (Lipinski definition) is 0. The minimum atomic E-state index is -0.254. The first kappa shape index (κ1) is 16.0. The lowest BCUT2D eigenvalue weighted by molar-refractivity contribution is -0.137. The molecule has 1 aliphatic rings. The SMILES string of the molecule is CCOC(=O)C=CC(C)=CC(C)CC1CCCCC1. The van der Waals surface area contributed by atoms with E-state index in [-0.39, 0.29) is 5.97 Å². The van der Waals surface area contributed by atoms with Gasteiger partial charge < -0.3 is 4.74 Å². The van der Waals surface area contributed by atoms with Crippen molar-refractivity contribution in [3.63, 3.8) is 0 Å². The Labute approximate surface area is 117 Å². The fourth-order valence-electron chi connectivity index (χ4n) is 2.91. The van der Waals surface area contributed by atoms with Crippen molar-refractivity contribution in [1.29, 1.82) is 0 Å². The van der Waals surface area contributed by atoms with E-state index < -0.39 is 0 Å². The fourth-order valence-corrected chi connectivity index (χ4v) is 2.91. The van der Waals surface area contributed by atoms with Gasteiger partial charge in [-0.1, -0.05) is 56.8 Å². The van der Waals surface area contributed by atoms with Crippen LogP contribution in [0.4, 0.5) is 0 Å². The lowest BCUT2D eigenvalue weighted by Crippen LogP contribution is -2.09. The van der Waals surface area contributed by atoms with Gasteiger partial charge in [0, 0.05) is 6.08 Å². The van der Waals surface area contributed by atoms with Crippen LogP contribution in [0, 0.1) is 11.8 Å². The second kappa shape index (κ2) is 8.95. The summed E-state index contributed by atoms with van der Waals surface area (Å²) < 4.78 is 4.87. The predicted molar refractivity (Wildman–Crippen MR) is 79.9 cm³/mol. The minimum absolute atomic E-state index is 0.254. The van der Waals surface area contributed by atoms with Crippen molar-refractivity contribution in [2.75, 3.05) is 6.61 Å². The molecule has 0 N–H and O–H groups in total. The lowest BCUT2D eigenvalue weighted by atomic mass is 9.83. The summed E-state index contributed by atoms with van der Waals surface area (Å²) in [5, 5.41) is 0. The van der Waals surface area contributed by atoms with E-state index in [0.29, 0.717) is 12.5 Å². The van der Waals surface area contributed by atoms with E-state index in [0.717, 1.165) is 11.5 Å². The highest BCUT2D eigenvalue weighted by Gasteiger charge is 2.15. The molecule has 0 aromatic heterocycles. The maximum absolute atomic E-state index is 11.2. The van der Waals surface area contributed by atoms with Gasteiger partial charge in [-0.25, -0.2) is 4.79 Å². The van der Waals surface area contributed by atoms with Crippen LogP contribution in [0.15, 0.2) is 23.8 Å². The van der Waals surface area contributed by atoms with E-state index in [2.05, 4.69) is 13.0 Å². The van der Waals surface area contributed by atoms with Gasteiger partial charge in [0.2, 0.25) is 0 Å². The van der Waals surface area contributed by atoms with E-state index in [1.165, 1.54) is 44.6 Å². The van der Waals surface area contributed by atoms with Gasteiger partial charge in [-0.3, -0.25) is 0 Å². The summed E-state index contributed by atoms with van der Waals surface area (Å²) in [5.41, 5.74) is 1.15. The largest absolute Gasteiger partial charge is 0.463 e. The predicted octanol–water partition coefficient (Wildman–Crippen LogP) is 4.66. The van der Waals surface area contributed by atoms with E-state index in [1.807, 2.05) is 19.9 Å². The average Bonchev–Trinajstić information content (AvgIpc) is 2.38. The van der Waals surface area contributed by atoms with Crippen LogP contribution >= 0.6 is 0 Å². The molecule has 0 aliphatic heterocycles. The van der Waals surface area contributed by atoms with E-state index in [9.17, 15) is 4.79 Å². The van der Waals surface area contributed by atoms with Crippen molar-refractivity contribution >= 4 is 5.97 Å². The van der Waals surface area contributed by atoms with Crippen LogP contribution in [-0.4, -0.2) is 12.6 Å². The second-order valence-corrected chi connectivity index (χ2v) is 5.71. The molecule has 1 rings (SSSR count). The Morgan fingerprint density at radius 2 is 1.95 bits per heavy atom. The molecule has 0 spiro atoms.